The van der Waals surface area contributed by atoms with Gasteiger partial charge in [-0.25, -0.2) is 0 Å². The van der Waals surface area contributed by atoms with Gasteiger partial charge in [0, 0.05) is 12.4 Å². The molecule has 88 valence electrons. The van der Waals surface area contributed by atoms with Crippen molar-refractivity contribution >= 4 is 44.8 Å². The molecule has 1 aliphatic rings. The van der Waals surface area contributed by atoms with Crippen LogP contribution in [0.2, 0.25) is 0 Å². The third kappa shape index (κ3) is 2.59. The van der Waals surface area contributed by atoms with E-state index in [9.17, 15) is 4.79 Å². The second kappa shape index (κ2) is 5.49. The van der Waals surface area contributed by atoms with E-state index in [0.717, 1.165) is 8.66 Å². The van der Waals surface area contributed by atoms with Gasteiger partial charge in [0.2, 0.25) is 0 Å². The SMILES string of the molecule is O=C(c1ccc(Br)s1)N1CCOCC1CCl. The molecular weight excluding hydrogens is 314 g/mol. The van der Waals surface area contributed by atoms with E-state index in [1.165, 1.54) is 11.3 Å². The lowest BCUT2D eigenvalue weighted by Gasteiger charge is -2.34. The molecule has 2 rings (SSSR count). The van der Waals surface area contributed by atoms with Gasteiger partial charge in [-0.1, -0.05) is 0 Å². The summed E-state index contributed by atoms with van der Waals surface area (Å²) in [6, 6.07) is 3.70. The molecule has 1 atom stereocenters. The van der Waals surface area contributed by atoms with Gasteiger partial charge in [0.15, 0.2) is 0 Å². The van der Waals surface area contributed by atoms with Crippen LogP contribution in [0, 0.1) is 0 Å². The molecule has 1 aliphatic heterocycles. The number of carbonyl (C=O) groups excluding carboxylic acids is 1. The maximum Gasteiger partial charge on any atom is 0.264 e. The van der Waals surface area contributed by atoms with Gasteiger partial charge in [0.05, 0.1) is 27.9 Å². The molecule has 2 heterocycles. The molecule has 6 heteroatoms. The largest absolute Gasteiger partial charge is 0.377 e. The molecule has 0 radical (unpaired) electrons. The fourth-order valence-corrected chi connectivity index (χ4v) is 3.22. The molecule has 0 spiro atoms. The number of hydrogen-bond acceptors (Lipinski definition) is 3. The first kappa shape index (κ1) is 12.4. The standard InChI is InChI=1S/C10H11BrClNO2S/c11-9-2-1-8(16-9)10(14)13-3-4-15-6-7(13)5-12/h1-2,7H,3-6H2. The average molecular weight is 325 g/mol. The highest BCUT2D eigenvalue weighted by atomic mass is 79.9. The lowest BCUT2D eigenvalue weighted by atomic mass is 10.2. The van der Waals surface area contributed by atoms with Crippen LogP contribution in [0.1, 0.15) is 9.67 Å². The van der Waals surface area contributed by atoms with Gasteiger partial charge < -0.3 is 9.64 Å². The maximum atomic E-state index is 12.2. The smallest absolute Gasteiger partial charge is 0.264 e. The van der Waals surface area contributed by atoms with Gasteiger partial charge in [-0.2, -0.15) is 0 Å². The van der Waals surface area contributed by atoms with Crippen molar-refractivity contribution in [3.05, 3.63) is 20.8 Å². The summed E-state index contributed by atoms with van der Waals surface area (Å²) < 4.78 is 6.27. The van der Waals surface area contributed by atoms with Crippen molar-refractivity contribution < 1.29 is 9.53 Å². The van der Waals surface area contributed by atoms with E-state index >= 15 is 0 Å². The quantitative estimate of drug-likeness (QED) is 0.783. The third-order valence-corrected chi connectivity index (χ3v) is 4.42. The van der Waals surface area contributed by atoms with Crippen LogP contribution in [-0.2, 0) is 4.74 Å². The minimum atomic E-state index is -0.0104. The van der Waals surface area contributed by atoms with Gasteiger partial charge >= 0.3 is 0 Å². The van der Waals surface area contributed by atoms with Gasteiger partial charge in [0.25, 0.3) is 5.91 Å². The number of rotatable bonds is 2. The summed E-state index contributed by atoms with van der Waals surface area (Å²) in [7, 11) is 0. The number of morpholine rings is 1. The first-order valence-electron chi connectivity index (χ1n) is 4.92. The van der Waals surface area contributed by atoms with E-state index in [1.807, 2.05) is 12.1 Å². The molecule has 0 N–H and O–H groups in total. The third-order valence-electron chi connectivity index (χ3n) is 2.45. The van der Waals surface area contributed by atoms with Crippen LogP contribution >= 0.6 is 38.9 Å². The highest BCUT2D eigenvalue weighted by Gasteiger charge is 2.28. The van der Waals surface area contributed by atoms with E-state index in [-0.39, 0.29) is 11.9 Å². The fourth-order valence-electron chi connectivity index (χ4n) is 1.62. The molecular formula is C10H11BrClNO2S. The summed E-state index contributed by atoms with van der Waals surface area (Å²) >= 11 is 10.6. The summed E-state index contributed by atoms with van der Waals surface area (Å²) in [5.41, 5.74) is 0. The fraction of sp³-hybridized carbons (Fsp3) is 0.500. The van der Waals surface area contributed by atoms with Crippen LogP contribution in [0.3, 0.4) is 0 Å². The van der Waals surface area contributed by atoms with Gasteiger partial charge in [0.1, 0.15) is 0 Å². The number of amides is 1. The minimum absolute atomic E-state index is 0.0104. The zero-order chi connectivity index (χ0) is 11.5. The Hall–Kier alpha value is -0.100. The molecule has 1 unspecified atom stereocenters. The first-order valence-corrected chi connectivity index (χ1v) is 7.07. The molecule has 16 heavy (non-hydrogen) atoms. The average Bonchev–Trinajstić information content (AvgIpc) is 2.75. The number of alkyl halides is 1. The van der Waals surface area contributed by atoms with Crippen LogP contribution in [0.25, 0.3) is 0 Å². The monoisotopic (exact) mass is 323 g/mol. The number of ether oxygens (including phenoxy) is 1. The van der Waals surface area contributed by atoms with Crippen LogP contribution in [-0.4, -0.2) is 42.5 Å². The highest BCUT2D eigenvalue weighted by molar-refractivity contribution is 9.11. The molecule has 0 aromatic carbocycles. The van der Waals surface area contributed by atoms with Crippen molar-refractivity contribution in [3.63, 3.8) is 0 Å². The molecule has 3 nitrogen and oxygen atoms in total. The van der Waals surface area contributed by atoms with Crippen LogP contribution in [0.15, 0.2) is 15.9 Å². The Kier molecular flexibility index (Phi) is 4.24. The second-order valence-corrected chi connectivity index (χ2v) is 6.26. The second-order valence-electron chi connectivity index (χ2n) is 3.49. The Morgan fingerprint density at radius 3 is 3.12 bits per heavy atom. The van der Waals surface area contributed by atoms with Crippen molar-refractivity contribution in [2.75, 3.05) is 25.6 Å². The zero-order valence-corrected chi connectivity index (χ0v) is 11.6. The lowest BCUT2D eigenvalue weighted by Crippen LogP contribution is -2.49. The molecule has 1 aromatic heterocycles. The molecule has 1 aromatic rings. The number of hydrogen-bond donors (Lipinski definition) is 0. The van der Waals surface area contributed by atoms with Crippen molar-refractivity contribution in [1.29, 1.82) is 0 Å². The molecule has 0 saturated carbocycles. The minimum Gasteiger partial charge on any atom is -0.377 e. The lowest BCUT2D eigenvalue weighted by molar-refractivity contribution is 0.00484. The van der Waals surface area contributed by atoms with Crippen molar-refractivity contribution in [1.82, 2.24) is 4.90 Å². The zero-order valence-electron chi connectivity index (χ0n) is 8.49. The summed E-state index contributed by atoms with van der Waals surface area (Å²) in [5, 5.41) is 0. The topological polar surface area (TPSA) is 29.5 Å². The van der Waals surface area contributed by atoms with Gasteiger partial charge in [-0.05, 0) is 28.1 Å². The Morgan fingerprint density at radius 2 is 2.50 bits per heavy atom. The maximum absolute atomic E-state index is 12.2. The number of thiophene rings is 1. The number of carbonyl (C=O) groups is 1. The molecule has 0 aliphatic carbocycles. The predicted octanol–water partition coefficient (Wildman–Crippen LogP) is 2.59. The van der Waals surface area contributed by atoms with E-state index in [0.29, 0.717) is 25.6 Å². The summed E-state index contributed by atoms with van der Waals surface area (Å²) in [6.07, 6.45) is 0. The predicted molar refractivity (Wildman–Crippen MR) is 68.4 cm³/mol. The van der Waals surface area contributed by atoms with E-state index in [1.54, 1.807) is 4.90 Å². The normalized spacial score (nSPS) is 21.1. The summed E-state index contributed by atoms with van der Waals surface area (Å²) in [6.45, 7) is 1.74. The molecule has 1 saturated heterocycles. The van der Waals surface area contributed by atoms with E-state index in [4.69, 9.17) is 16.3 Å². The number of halogens is 2. The Balaban J connectivity index is 2.13. The van der Waals surface area contributed by atoms with Crippen LogP contribution in [0.5, 0.6) is 0 Å². The number of nitrogens with zero attached hydrogens (tertiary/aromatic N) is 1. The van der Waals surface area contributed by atoms with Crippen LogP contribution < -0.4 is 0 Å². The first-order chi connectivity index (χ1) is 7.72. The summed E-state index contributed by atoms with van der Waals surface area (Å²) in [5.74, 6) is 0.461. The Morgan fingerprint density at radius 1 is 1.69 bits per heavy atom. The Labute approximate surface area is 111 Å². The van der Waals surface area contributed by atoms with Crippen molar-refractivity contribution in [3.8, 4) is 0 Å². The van der Waals surface area contributed by atoms with Crippen LogP contribution in [0.4, 0.5) is 0 Å². The summed E-state index contributed by atoms with van der Waals surface area (Å²) in [4.78, 5) is 14.7. The van der Waals surface area contributed by atoms with Crippen molar-refractivity contribution in [2.24, 2.45) is 0 Å². The van der Waals surface area contributed by atoms with Gasteiger partial charge in [-0.3, -0.25) is 4.79 Å². The molecule has 0 bridgehead atoms. The highest BCUT2D eigenvalue weighted by Crippen LogP contribution is 2.24. The molecule has 1 fully saturated rings. The van der Waals surface area contributed by atoms with E-state index in [2.05, 4.69) is 15.9 Å². The van der Waals surface area contributed by atoms with E-state index < -0.39 is 0 Å². The van der Waals surface area contributed by atoms with Crippen molar-refractivity contribution in [2.45, 2.75) is 6.04 Å². The van der Waals surface area contributed by atoms with Gasteiger partial charge in [-0.15, -0.1) is 22.9 Å². The Bertz CT molecular complexity index is 385. The molecule has 1 amide bonds.